The zero-order valence-corrected chi connectivity index (χ0v) is 14.8. The van der Waals surface area contributed by atoms with E-state index in [-0.39, 0.29) is 5.91 Å². The highest BCUT2D eigenvalue weighted by atomic mass is 35.5. The van der Waals surface area contributed by atoms with Crippen LogP contribution in [0.5, 0.6) is 0 Å². The number of amides is 3. The Morgan fingerprint density at radius 2 is 1.76 bits per heavy atom. The first-order chi connectivity index (χ1) is 11.9. The van der Waals surface area contributed by atoms with Crippen LogP contribution in [0, 0.1) is 0 Å². The van der Waals surface area contributed by atoms with Gasteiger partial charge < -0.3 is 5.32 Å². The summed E-state index contributed by atoms with van der Waals surface area (Å²) in [4.78, 5) is 35.2. The van der Waals surface area contributed by atoms with Gasteiger partial charge in [0.25, 0.3) is 17.1 Å². The molecule has 1 fully saturated rings. The van der Waals surface area contributed by atoms with E-state index in [9.17, 15) is 14.4 Å². The van der Waals surface area contributed by atoms with Crippen molar-refractivity contribution in [2.75, 3.05) is 5.32 Å². The van der Waals surface area contributed by atoms with Crippen molar-refractivity contribution in [3.63, 3.8) is 0 Å². The summed E-state index contributed by atoms with van der Waals surface area (Å²) in [6, 6.07) is 11.4. The summed E-state index contributed by atoms with van der Waals surface area (Å²) in [5.74, 6) is -0.725. The summed E-state index contributed by atoms with van der Waals surface area (Å²) < 4.78 is 0. The van der Waals surface area contributed by atoms with Gasteiger partial charge in [0.15, 0.2) is 0 Å². The van der Waals surface area contributed by atoms with Gasteiger partial charge in [0.2, 0.25) is 0 Å². The van der Waals surface area contributed by atoms with Gasteiger partial charge >= 0.3 is 0 Å². The third-order valence-corrected chi connectivity index (χ3v) is 4.84. The minimum Gasteiger partial charge on any atom is -0.322 e. The minimum absolute atomic E-state index is 0.305. The average Bonchev–Trinajstić information content (AvgIpc) is 2.89. The SMILES string of the molecule is O=C1NC(=O)/C(=C/c2ccc(C(=O)Nc3ccc(Cl)c(Cl)c3)cc2)S1. The molecule has 5 nitrogen and oxygen atoms in total. The van der Waals surface area contributed by atoms with E-state index < -0.39 is 11.1 Å². The number of hydrogen-bond donors (Lipinski definition) is 2. The highest BCUT2D eigenvalue weighted by Gasteiger charge is 2.24. The number of anilines is 1. The Kier molecular flexibility index (Phi) is 5.13. The molecule has 0 bridgehead atoms. The normalized spacial score (nSPS) is 15.4. The van der Waals surface area contributed by atoms with E-state index in [1.54, 1.807) is 48.5 Å². The molecule has 3 amide bonds. The summed E-state index contributed by atoms with van der Waals surface area (Å²) in [5.41, 5.74) is 1.68. The van der Waals surface area contributed by atoms with E-state index in [0.29, 0.717) is 31.8 Å². The lowest BCUT2D eigenvalue weighted by Gasteiger charge is -2.07. The monoisotopic (exact) mass is 392 g/mol. The Labute approximate surface area is 157 Å². The number of thioether (sulfide) groups is 1. The maximum absolute atomic E-state index is 12.2. The molecule has 8 heteroatoms. The molecule has 0 atom stereocenters. The first kappa shape index (κ1) is 17.5. The second kappa shape index (κ2) is 7.31. The highest BCUT2D eigenvalue weighted by Crippen LogP contribution is 2.26. The zero-order chi connectivity index (χ0) is 18.0. The number of carbonyl (C=O) groups excluding carboxylic acids is 3. The molecule has 0 unspecified atom stereocenters. The van der Waals surface area contributed by atoms with Crippen LogP contribution in [0.15, 0.2) is 47.4 Å². The summed E-state index contributed by atoms with van der Waals surface area (Å²) >= 11 is 12.6. The first-order valence-electron chi connectivity index (χ1n) is 7.04. The fourth-order valence-corrected chi connectivity index (χ4v) is 3.06. The molecule has 0 saturated carbocycles. The van der Waals surface area contributed by atoms with Gasteiger partial charge in [-0.3, -0.25) is 19.7 Å². The van der Waals surface area contributed by atoms with Gasteiger partial charge in [-0.05, 0) is 53.7 Å². The number of imide groups is 1. The van der Waals surface area contributed by atoms with Gasteiger partial charge in [-0.25, -0.2) is 0 Å². The summed E-state index contributed by atoms with van der Waals surface area (Å²) in [6.07, 6.45) is 1.59. The van der Waals surface area contributed by atoms with Crippen molar-refractivity contribution in [2.24, 2.45) is 0 Å². The molecule has 1 aliphatic heterocycles. The molecular weight excluding hydrogens is 383 g/mol. The van der Waals surface area contributed by atoms with Crippen molar-refractivity contribution < 1.29 is 14.4 Å². The lowest BCUT2D eigenvalue weighted by atomic mass is 10.1. The Hall–Kier alpha value is -2.28. The molecule has 1 saturated heterocycles. The van der Waals surface area contributed by atoms with E-state index in [2.05, 4.69) is 10.6 Å². The van der Waals surface area contributed by atoms with Gasteiger partial charge in [0.1, 0.15) is 0 Å². The largest absolute Gasteiger partial charge is 0.322 e. The van der Waals surface area contributed by atoms with Crippen LogP contribution in [0.3, 0.4) is 0 Å². The van der Waals surface area contributed by atoms with Crippen molar-refractivity contribution in [2.45, 2.75) is 0 Å². The van der Waals surface area contributed by atoms with Crippen LogP contribution in [0.2, 0.25) is 10.0 Å². The summed E-state index contributed by atoms with van der Waals surface area (Å²) in [7, 11) is 0. The molecule has 0 radical (unpaired) electrons. The van der Waals surface area contributed by atoms with Gasteiger partial charge in [-0.2, -0.15) is 0 Å². The Morgan fingerprint density at radius 3 is 2.36 bits per heavy atom. The molecule has 2 aromatic rings. The average molecular weight is 393 g/mol. The van der Waals surface area contributed by atoms with E-state index in [0.717, 1.165) is 11.8 Å². The number of halogens is 2. The molecule has 2 aromatic carbocycles. The van der Waals surface area contributed by atoms with Crippen LogP contribution >= 0.6 is 35.0 Å². The lowest BCUT2D eigenvalue weighted by Crippen LogP contribution is -2.17. The number of rotatable bonds is 3. The highest BCUT2D eigenvalue weighted by molar-refractivity contribution is 8.18. The quantitative estimate of drug-likeness (QED) is 0.750. The van der Waals surface area contributed by atoms with E-state index in [4.69, 9.17) is 23.2 Å². The molecule has 0 aromatic heterocycles. The third-order valence-electron chi connectivity index (χ3n) is 3.29. The van der Waals surface area contributed by atoms with Crippen LogP contribution < -0.4 is 10.6 Å². The fourth-order valence-electron chi connectivity index (χ4n) is 2.08. The van der Waals surface area contributed by atoms with Gasteiger partial charge in [-0.15, -0.1) is 0 Å². The van der Waals surface area contributed by atoms with Crippen LogP contribution in [0.1, 0.15) is 15.9 Å². The van der Waals surface area contributed by atoms with Crippen molar-refractivity contribution >= 4 is 63.8 Å². The van der Waals surface area contributed by atoms with E-state index in [1.807, 2.05) is 0 Å². The molecule has 3 rings (SSSR count). The molecule has 126 valence electrons. The minimum atomic E-state index is -0.420. The van der Waals surface area contributed by atoms with Crippen molar-refractivity contribution in [1.82, 2.24) is 5.32 Å². The topological polar surface area (TPSA) is 75.3 Å². The Balaban J connectivity index is 1.72. The number of carbonyl (C=O) groups is 3. The maximum Gasteiger partial charge on any atom is 0.290 e. The predicted molar refractivity (Wildman–Crippen MR) is 100.0 cm³/mol. The van der Waals surface area contributed by atoms with Crippen LogP contribution in [-0.2, 0) is 4.79 Å². The summed E-state index contributed by atoms with van der Waals surface area (Å²) in [5, 5.41) is 5.27. The standard InChI is InChI=1S/C17H10Cl2N2O3S/c18-12-6-5-11(8-13(12)19)20-15(22)10-3-1-9(2-4-10)7-14-16(23)21-17(24)25-14/h1-8H,(H,20,22)(H,21,23,24)/b14-7-. The van der Waals surface area contributed by atoms with Crippen LogP contribution in [0.4, 0.5) is 10.5 Å². The van der Waals surface area contributed by atoms with Crippen molar-refractivity contribution in [3.05, 3.63) is 68.5 Å². The van der Waals surface area contributed by atoms with Crippen LogP contribution in [0.25, 0.3) is 6.08 Å². The van der Waals surface area contributed by atoms with E-state index in [1.165, 1.54) is 0 Å². The fraction of sp³-hybridized carbons (Fsp3) is 0. The van der Waals surface area contributed by atoms with Gasteiger partial charge in [0, 0.05) is 11.3 Å². The molecule has 0 aliphatic carbocycles. The lowest BCUT2D eigenvalue weighted by molar-refractivity contribution is -0.115. The van der Waals surface area contributed by atoms with Crippen molar-refractivity contribution in [1.29, 1.82) is 0 Å². The smallest absolute Gasteiger partial charge is 0.290 e. The molecule has 2 N–H and O–H groups in total. The molecule has 0 spiro atoms. The first-order valence-corrected chi connectivity index (χ1v) is 8.61. The van der Waals surface area contributed by atoms with E-state index >= 15 is 0 Å². The Morgan fingerprint density at radius 1 is 1.04 bits per heavy atom. The predicted octanol–water partition coefficient (Wildman–Crippen LogP) is 4.57. The number of benzene rings is 2. The number of nitrogens with one attached hydrogen (secondary N) is 2. The number of hydrogen-bond acceptors (Lipinski definition) is 4. The summed E-state index contributed by atoms with van der Waals surface area (Å²) in [6.45, 7) is 0. The van der Waals surface area contributed by atoms with Gasteiger partial charge in [0.05, 0.1) is 15.0 Å². The van der Waals surface area contributed by atoms with Gasteiger partial charge in [-0.1, -0.05) is 35.3 Å². The zero-order valence-electron chi connectivity index (χ0n) is 12.5. The third kappa shape index (κ3) is 4.22. The second-order valence-electron chi connectivity index (χ2n) is 5.06. The van der Waals surface area contributed by atoms with Crippen LogP contribution in [-0.4, -0.2) is 17.1 Å². The molecular formula is C17H10Cl2N2O3S. The maximum atomic E-state index is 12.2. The molecule has 1 aliphatic rings. The van der Waals surface area contributed by atoms with Crippen molar-refractivity contribution in [3.8, 4) is 0 Å². The molecule has 25 heavy (non-hydrogen) atoms. The second-order valence-corrected chi connectivity index (χ2v) is 6.89. The molecule has 1 heterocycles. The Bertz CT molecular complexity index is 911.